The predicted octanol–water partition coefficient (Wildman–Crippen LogP) is 11.9. The van der Waals surface area contributed by atoms with Crippen LogP contribution in [0.5, 0.6) is 0 Å². The van der Waals surface area contributed by atoms with Crippen LogP contribution < -0.4 is 0 Å². The quantitative estimate of drug-likeness (QED) is 0.190. The molecule has 0 saturated carbocycles. The molecular weight excluding hydrogens is 625 g/mol. The molecule has 4 aromatic heterocycles. The molecule has 0 amide bonds. The fraction of sp³-hybridized carbons (Fsp3) is 0. The van der Waals surface area contributed by atoms with Crippen LogP contribution in [0.1, 0.15) is 0 Å². The minimum atomic E-state index is 0.670. The summed E-state index contributed by atoms with van der Waals surface area (Å²) in [6, 6.07) is 59.3. The van der Waals surface area contributed by atoms with Crippen LogP contribution in [-0.2, 0) is 0 Å². The van der Waals surface area contributed by atoms with Crippen LogP contribution in [0.15, 0.2) is 174 Å². The van der Waals surface area contributed by atoms with Gasteiger partial charge in [-0.3, -0.25) is 0 Å². The second-order valence-corrected chi connectivity index (χ2v) is 12.9. The number of rotatable bonds is 4. The number of nitrogens with zero attached hydrogens (tertiary/aromatic N) is 4. The number of fused-ring (bicyclic) bond motifs is 9. The first-order chi connectivity index (χ1) is 25.3. The van der Waals surface area contributed by atoms with E-state index in [1.807, 2.05) is 12.1 Å². The molecule has 51 heavy (non-hydrogen) atoms. The minimum Gasteiger partial charge on any atom is -0.455 e. The van der Waals surface area contributed by atoms with E-state index in [0.717, 1.165) is 93.9 Å². The Labute approximate surface area is 292 Å². The van der Waals surface area contributed by atoms with Gasteiger partial charge in [0.1, 0.15) is 22.4 Å². The first-order valence-corrected chi connectivity index (χ1v) is 17.2. The van der Waals surface area contributed by atoms with E-state index in [0.29, 0.717) is 5.82 Å². The lowest BCUT2D eigenvalue weighted by atomic mass is 10.0. The Kier molecular flexibility index (Phi) is 5.89. The van der Waals surface area contributed by atoms with Crippen LogP contribution >= 0.6 is 0 Å². The van der Waals surface area contributed by atoms with E-state index in [1.165, 1.54) is 0 Å². The van der Waals surface area contributed by atoms with Crippen LogP contribution in [0.3, 0.4) is 0 Å². The highest BCUT2D eigenvalue weighted by Gasteiger charge is 2.25. The summed E-state index contributed by atoms with van der Waals surface area (Å²) in [4.78, 5) is 11.1. The van der Waals surface area contributed by atoms with Crippen molar-refractivity contribution in [2.24, 2.45) is 0 Å². The van der Waals surface area contributed by atoms with E-state index >= 15 is 0 Å². The lowest BCUT2D eigenvalue weighted by Crippen LogP contribution is -2.00. The highest BCUT2D eigenvalue weighted by atomic mass is 16.3. The van der Waals surface area contributed by atoms with Gasteiger partial charge in [0.25, 0.3) is 0 Å². The summed E-state index contributed by atoms with van der Waals surface area (Å²) in [6.45, 7) is 0. The van der Waals surface area contributed by atoms with Gasteiger partial charge in [-0.15, -0.1) is 0 Å². The molecule has 7 aromatic carbocycles. The number of aromatic nitrogens is 4. The Morgan fingerprint density at radius 2 is 0.980 bits per heavy atom. The standard InChI is InChI=1S/C46H28N4O/c1-3-15-29(16-4-1)49-37-25-10-7-20-33(37)41-35(23-14-27-39(41)49)46-47-42-34-21-8-11-26-38(34)50(30-17-5-2-6-18-30)44(42)43(48-46)36-24-13-22-32-31-19-9-12-28-40(31)51-45(32)36/h1-28H. The summed E-state index contributed by atoms with van der Waals surface area (Å²) in [5, 5.41) is 5.49. The lowest BCUT2D eigenvalue weighted by Gasteiger charge is -2.13. The van der Waals surface area contributed by atoms with Gasteiger partial charge >= 0.3 is 0 Å². The third-order valence-corrected chi connectivity index (χ3v) is 10.1. The predicted molar refractivity (Wildman–Crippen MR) is 209 cm³/mol. The van der Waals surface area contributed by atoms with Gasteiger partial charge in [-0.1, -0.05) is 115 Å². The summed E-state index contributed by atoms with van der Waals surface area (Å²) in [7, 11) is 0. The van der Waals surface area contributed by atoms with Crippen LogP contribution in [0.2, 0.25) is 0 Å². The van der Waals surface area contributed by atoms with Crippen LogP contribution in [0, 0.1) is 0 Å². The highest BCUT2D eigenvalue weighted by molar-refractivity contribution is 6.18. The lowest BCUT2D eigenvalue weighted by molar-refractivity contribution is 0.670. The van der Waals surface area contributed by atoms with Gasteiger partial charge in [0.2, 0.25) is 0 Å². The van der Waals surface area contributed by atoms with E-state index in [2.05, 4.69) is 167 Å². The molecular formula is C46H28N4O. The maximum absolute atomic E-state index is 6.66. The van der Waals surface area contributed by atoms with Gasteiger partial charge in [-0.25, -0.2) is 9.97 Å². The average Bonchev–Trinajstić information content (AvgIpc) is 3.86. The SMILES string of the molecule is c1ccc(-n2c3ccccc3c3c(-c4nc(-c5cccc6c5oc5ccccc56)c5c(n4)c4ccccc4n5-c4ccccc4)cccc32)cc1. The summed E-state index contributed by atoms with van der Waals surface area (Å²) < 4.78 is 11.3. The molecule has 4 heterocycles. The molecule has 5 nitrogen and oxygen atoms in total. The largest absolute Gasteiger partial charge is 0.455 e. The van der Waals surface area contributed by atoms with Crippen molar-refractivity contribution in [3.63, 3.8) is 0 Å². The second-order valence-electron chi connectivity index (χ2n) is 12.9. The van der Waals surface area contributed by atoms with Crippen molar-refractivity contribution in [3.8, 4) is 34.0 Å². The topological polar surface area (TPSA) is 48.8 Å². The zero-order valence-electron chi connectivity index (χ0n) is 27.4. The van der Waals surface area contributed by atoms with Gasteiger partial charge < -0.3 is 13.6 Å². The Bertz CT molecular complexity index is 3130. The molecule has 0 atom stereocenters. The number of para-hydroxylation sites is 6. The van der Waals surface area contributed by atoms with Gasteiger partial charge in [0.15, 0.2) is 5.82 Å². The van der Waals surface area contributed by atoms with Crippen molar-refractivity contribution in [3.05, 3.63) is 170 Å². The minimum absolute atomic E-state index is 0.670. The molecule has 0 saturated heterocycles. The zero-order valence-corrected chi connectivity index (χ0v) is 27.4. The number of benzene rings is 7. The zero-order chi connectivity index (χ0) is 33.5. The number of furan rings is 1. The van der Waals surface area contributed by atoms with E-state index in [-0.39, 0.29) is 0 Å². The normalized spacial score (nSPS) is 11.9. The van der Waals surface area contributed by atoms with Gasteiger partial charge in [0.05, 0.1) is 22.1 Å². The smallest absolute Gasteiger partial charge is 0.161 e. The molecule has 238 valence electrons. The Hall–Kier alpha value is -6.98. The third kappa shape index (κ3) is 4.03. The van der Waals surface area contributed by atoms with E-state index < -0.39 is 0 Å². The molecule has 0 radical (unpaired) electrons. The van der Waals surface area contributed by atoms with E-state index in [9.17, 15) is 0 Å². The third-order valence-electron chi connectivity index (χ3n) is 10.1. The Morgan fingerprint density at radius 1 is 0.412 bits per heavy atom. The summed E-state index contributed by atoms with van der Waals surface area (Å²) in [5.74, 6) is 0.670. The molecule has 0 aliphatic heterocycles. The molecule has 0 unspecified atom stereocenters. The van der Waals surface area contributed by atoms with Crippen molar-refractivity contribution < 1.29 is 4.42 Å². The average molecular weight is 653 g/mol. The second kappa shape index (κ2) is 10.8. The van der Waals surface area contributed by atoms with Gasteiger partial charge in [-0.2, -0.15) is 0 Å². The van der Waals surface area contributed by atoms with Crippen molar-refractivity contribution in [1.29, 1.82) is 0 Å². The summed E-state index contributed by atoms with van der Waals surface area (Å²) >= 11 is 0. The van der Waals surface area contributed by atoms with Crippen LogP contribution in [0.25, 0.3) is 99.7 Å². The Morgan fingerprint density at radius 3 is 1.76 bits per heavy atom. The molecule has 5 heteroatoms. The van der Waals surface area contributed by atoms with Crippen LogP contribution in [-0.4, -0.2) is 19.1 Å². The monoisotopic (exact) mass is 652 g/mol. The molecule has 0 aliphatic carbocycles. The fourth-order valence-electron chi connectivity index (χ4n) is 7.99. The first kappa shape index (κ1) is 27.9. The van der Waals surface area contributed by atoms with Gasteiger partial charge in [-0.05, 0) is 54.6 Å². The summed E-state index contributed by atoms with van der Waals surface area (Å²) in [6.07, 6.45) is 0. The molecule has 0 spiro atoms. The highest BCUT2D eigenvalue weighted by Crippen LogP contribution is 2.43. The van der Waals surface area contributed by atoms with Crippen molar-refractivity contribution in [2.45, 2.75) is 0 Å². The first-order valence-electron chi connectivity index (χ1n) is 17.2. The Balaban J connectivity index is 1.31. The van der Waals surface area contributed by atoms with Gasteiger partial charge in [0, 0.05) is 49.4 Å². The van der Waals surface area contributed by atoms with Crippen molar-refractivity contribution in [2.75, 3.05) is 0 Å². The van der Waals surface area contributed by atoms with E-state index in [1.54, 1.807) is 0 Å². The number of hydrogen-bond donors (Lipinski definition) is 0. The maximum atomic E-state index is 6.66. The molecule has 0 bridgehead atoms. The summed E-state index contributed by atoms with van der Waals surface area (Å²) in [5.41, 5.74) is 11.7. The maximum Gasteiger partial charge on any atom is 0.161 e. The molecule has 0 aliphatic rings. The molecule has 11 aromatic rings. The fourth-order valence-corrected chi connectivity index (χ4v) is 7.99. The number of hydrogen-bond acceptors (Lipinski definition) is 3. The molecule has 0 N–H and O–H groups in total. The molecule has 11 rings (SSSR count). The van der Waals surface area contributed by atoms with Crippen molar-refractivity contribution >= 4 is 65.7 Å². The van der Waals surface area contributed by atoms with E-state index in [4.69, 9.17) is 14.4 Å². The molecule has 0 fully saturated rings. The van der Waals surface area contributed by atoms with Crippen LogP contribution in [0.4, 0.5) is 0 Å². The van der Waals surface area contributed by atoms with Crippen molar-refractivity contribution in [1.82, 2.24) is 19.1 Å².